The molecule has 0 aromatic carbocycles. The fraction of sp³-hybridized carbons (Fsp3) is 1.00. The molecule has 0 unspecified atom stereocenters. The molecule has 0 aromatic rings. The minimum Gasteiger partial charge on any atom is -0.374 e. The van der Waals surface area contributed by atoms with Gasteiger partial charge in [-0.1, -0.05) is 41.5 Å². The Morgan fingerprint density at radius 1 is 1.05 bits per heavy atom. The molecule has 0 aromatic heterocycles. The molecule has 2 heteroatoms. The van der Waals surface area contributed by atoms with Gasteiger partial charge >= 0.3 is 0 Å². The third kappa shape index (κ3) is 7.15. The number of hydrogen-bond donors (Lipinski definition) is 1. The number of ether oxygens (including phenoxy) is 1. The second kappa shape index (κ2) is 9.15. The topological polar surface area (TPSA) is 21.3 Å². The Hall–Kier alpha value is -0.0800. The van der Waals surface area contributed by atoms with Crippen molar-refractivity contribution in [1.82, 2.24) is 5.32 Å². The molecule has 1 aliphatic carbocycles. The average Bonchev–Trinajstić information content (AvgIpc) is 2.42. The Bertz CT molecular complexity index is 265. The first-order valence-corrected chi connectivity index (χ1v) is 9.22. The van der Waals surface area contributed by atoms with Crippen molar-refractivity contribution < 1.29 is 4.74 Å². The predicted molar refractivity (Wildman–Crippen MR) is 92.7 cm³/mol. The van der Waals surface area contributed by atoms with Crippen molar-refractivity contribution in [2.75, 3.05) is 13.2 Å². The summed E-state index contributed by atoms with van der Waals surface area (Å²) in [5, 5.41) is 3.62. The van der Waals surface area contributed by atoms with E-state index in [4.69, 9.17) is 4.74 Å². The zero-order valence-electron chi connectivity index (χ0n) is 15.4. The summed E-state index contributed by atoms with van der Waals surface area (Å²) in [7, 11) is 0. The van der Waals surface area contributed by atoms with Gasteiger partial charge in [-0.15, -0.1) is 0 Å². The van der Waals surface area contributed by atoms with Gasteiger partial charge in [-0.2, -0.15) is 0 Å². The second-order valence-electron chi connectivity index (χ2n) is 8.18. The summed E-state index contributed by atoms with van der Waals surface area (Å²) >= 11 is 0. The first-order valence-electron chi connectivity index (χ1n) is 9.22. The van der Waals surface area contributed by atoms with Crippen LogP contribution in [0, 0.1) is 17.8 Å². The van der Waals surface area contributed by atoms with E-state index < -0.39 is 0 Å². The molecule has 1 fully saturated rings. The Morgan fingerprint density at radius 2 is 1.67 bits per heavy atom. The van der Waals surface area contributed by atoms with Crippen molar-refractivity contribution in [3.8, 4) is 0 Å². The molecule has 1 saturated carbocycles. The Kier molecular flexibility index (Phi) is 8.26. The van der Waals surface area contributed by atoms with E-state index in [-0.39, 0.29) is 5.60 Å². The van der Waals surface area contributed by atoms with E-state index in [2.05, 4.69) is 46.9 Å². The van der Waals surface area contributed by atoms with Gasteiger partial charge in [0.2, 0.25) is 0 Å². The predicted octanol–water partition coefficient (Wildman–Crippen LogP) is 5.02. The highest BCUT2D eigenvalue weighted by atomic mass is 16.5. The van der Waals surface area contributed by atoms with E-state index in [0.29, 0.717) is 6.04 Å². The van der Waals surface area contributed by atoms with Crippen molar-refractivity contribution in [3.63, 3.8) is 0 Å². The van der Waals surface area contributed by atoms with Gasteiger partial charge in [0.15, 0.2) is 0 Å². The molecular weight excluding hydrogens is 258 g/mol. The molecule has 0 heterocycles. The first-order chi connectivity index (χ1) is 9.84. The molecule has 0 spiro atoms. The lowest BCUT2D eigenvalue weighted by Gasteiger charge is -2.42. The van der Waals surface area contributed by atoms with Crippen LogP contribution < -0.4 is 5.32 Å². The quantitative estimate of drug-likeness (QED) is 0.603. The van der Waals surface area contributed by atoms with Crippen molar-refractivity contribution >= 4 is 0 Å². The maximum Gasteiger partial charge on any atom is 0.0806 e. The molecule has 0 amide bonds. The Labute approximate surface area is 133 Å². The van der Waals surface area contributed by atoms with Gasteiger partial charge in [-0.3, -0.25) is 0 Å². The second-order valence-corrected chi connectivity index (χ2v) is 8.18. The summed E-state index contributed by atoms with van der Waals surface area (Å²) in [6, 6.07) is 0.545. The van der Waals surface area contributed by atoms with Crippen molar-refractivity contribution in [3.05, 3.63) is 0 Å². The SMILES string of the molecule is CC(C)CCCOC1(CNC(C)C)CCC(C(C)C)CC1. The van der Waals surface area contributed by atoms with E-state index in [1.54, 1.807) is 0 Å². The van der Waals surface area contributed by atoms with Crippen LogP contribution in [0.2, 0.25) is 0 Å². The van der Waals surface area contributed by atoms with Crippen molar-refractivity contribution in [1.29, 1.82) is 0 Å². The molecule has 126 valence electrons. The fourth-order valence-electron chi connectivity index (χ4n) is 3.38. The molecular formula is C19H39NO. The normalized spacial score (nSPS) is 27.0. The molecule has 0 radical (unpaired) electrons. The summed E-state index contributed by atoms with van der Waals surface area (Å²) in [5.41, 5.74) is 0.104. The number of hydrogen-bond acceptors (Lipinski definition) is 2. The van der Waals surface area contributed by atoms with Gasteiger partial charge in [0.1, 0.15) is 0 Å². The van der Waals surface area contributed by atoms with Gasteiger partial charge in [-0.25, -0.2) is 0 Å². The highest BCUT2D eigenvalue weighted by molar-refractivity contribution is 4.90. The third-order valence-electron chi connectivity index (χ3n) is 5.05. The van der Waals surface area contributed by atoms with Crippen molar-refractivity contribution in [2.24, 2.45) is 17.8 Å². The highest BCUT2D eigenvalue weighted by Crippen LogP contribution is 2.38. The molecule has 0 saturated heterocycles. The van der Waals surface area contributed by atoms with E-state index in [9.17, 15) is 0 Å². The lowest BCUT2D eigenvalue weighted by Crippen LogP contribution is -2.48. The van der Waals surface area contributed by atoms with E-state index >= 15 is 0 Å². The van der Waals surface area contributed by atoms with Crippen LogP contribution in [0.3, 0.4) is 0 Å². The van der Waals surface area contributed by atoms with Gasteiger partial charge < -0.3 is 10.1 Å². The van der Waals surface area contributed by atoms with Crippen molar-refractivity contribution in [2.45, 2.75) is 91.7 Å². The molecule has 0 atom stereocenters. The molecule has 21 heavy (non-hydrogen) atoms. The van der Waals surface area contributed by atoms with Gasteiger partial charge in [-0.05, 0) is 56.3 Å². The zero-order chi connectivity index (χ0) is 15.9. The summed E-state index contributed by atoms with van der Waals surface area (Å²) in [5.74, 6) is 2.51. The van der Waals surface area contributed by atoms with Crippen LogP contribution in [-0.2, 0) is 4.74 Å². The van der Waals surface area contributed by atoms with Crippen LogP contribution in [0.1, 0.15) is 80.1 Å². The molecule has 0 aliphatic heterocycles. The van der Waals surface area contributed by atoms with Gasteiger partial charge in [0.25, 0.3) is 0 Å². The number of rotatable bonds is 9. The maximum atomic E-state index is 6.44. The van der Waals surface area contributed by atoms with Crippen LogP contribution in [-0.4, -0.2) is 24.8 Å². The molecule has 1 aliphatic rings. The molecule has 1 rings (SSSR count). The lowest BCUT2D eigenvalue weighted by atomic mass is 9.74. The first kappa shape index (κ1) is 19.0. The van der Waals surface area contributed by atoms with Crippen LogP contribution in [0.15, 0.2) is 0 Å². The monoisotopic (exact) mass is 297 g/mol. The Balaban J connectivity index is 2.47. The minimum atomic E-state index is 0.104. The fourth-order valence-corrected chi connectivity index (χ4v) is 3.38. The van der Waals surface area contributed by atoms with E-state index in [1.807, 2.05) is 0 Å². The summed E-state index contributed by atoms with van der Waals surface area (Å²) in [6.45, 7) is 15.7. The highest BCUT2D eigenvalue weighted by Gasteiger charge is 2.36. The summed E-state index contributed by atoms with van der Waals surface area (Å²) in [6.07, 6.45) is 7.62. The van der Waals surface area contributed by atoms with Gasteiger partial charge in [0.05, 0.1) is 5.60 Å². The standard InChI is InChI=1S/C19H39NO/c1-15(2)8-7-13-21-19(14-20-17(5)6)11-9-18(10-12-19)16(3)4/h15-18,20H,7-14H2,1-6H3. The van der Waals surface area contributed by atoms with Crippen LogP contribution >= 0.6 is 0 Å². The summed E-state index contributed by atoms with van der Waals surface area (Å²) in [4.78, 5) is 0. The lowest BCUT2D eigenvalue weighted by molar-refractivity contribution is -0.0818. The summed E-state index contributed by atoms with van der Waals surface area (Å²) < 4.78 is 6.44. The third-order valence-corrected chi connectivity index (χ3v) is 5.05. The minimum absolute atomic E-state index is 0.104. The van der Waals surface area contributed by atoms with Crippen LogP contribution in [0.25, 0.3) is 0 Å². The largest absolute Gasteiger partial charge is 0.374 e. The molecule has 1 N–H and O–H groups in total. The smallest absolute Gasteiger partial charge is 0.0806 e. The molecule has 2 nitrogen and oxygen atoms in total. The average molecular weight is 298 g/mol. The van der Waals surface area contributed by atoms with Gasteiger partial charge in [0, 0.05) is 19.2 Å². The van der Waals surface area contributed by atoms with E-state index in [0.717, 1.165) is 30.9 Å². The van der Waals surface area contributed by atoms with E-state index in [1.165, 1.54) is 38.5 Å². The van der Waals surface area contributed by atoms with Crippen LogP contribution in [0.5, 0.6) is 0 Å². The van der Waals surface area contributed by atoms with Crippen LogP contribution in [0.4, 0.5) is 0 Å². The maximum absolute atomic E-state index is 6.44. The Morgan fingerprint density at radius 3 is 2.14 bits per heavy atom. The number of nitrogens with one attached hydrogen (secondary N) is 1. The molecule has 0 bridgehead atoms. The zero-order valence-corrected chi connectivity index (χ0v) is 15.4.